The second-order valence-electron chi connectivity index (χ2n) is 4.45. The van der Waals surface area contributed by atoms with Crippen LogP contribution in [-0.4, -0.2) is 37.9 Å². The van der Waals surface area contributed by atoms with Crippen LogP contribution in [0.15, 0.2) is 0 Å². The van der Waals surface area contributed by atoms with Crippen LogP contribution in [0.4, 0.5) is 26.3 Å². The van der Waals surface area contributed by atoms with Crippen LogP contribution >= 0.6 is 0 Å². The number of piperidine rings is 1. The first-order chi connectivity index (χ1) is 8.62. The molecule has 0 bridgehead atoms. The molecule has 0 spiro atoms. The van der Waals surface area contributed by atoms with Crippen molar-refractivity contribution in [2.75, 3.05) is 19.6 Å². The standard InChI is InChI=1S/C10H14F6N2O/c11-9(12,13)7(10(14,15)16)8(19)18-5-6-1-3-17-4-2-6/h6-7,17H,1-5H2,(H,18,19). The summed E-state index contributed by atoms with van der Waals surface area (Å²) in [6, 6.07) is 0. The Labute approximate surface area is 105 Å². The highest BCUT2D eigenvalue weighted by Crippen LogP contribution is 2.39. The molecule has 1 heterocycles. The van der Waals surface area contributed by atoms with Gasteiger partial charge in [0, 0.05) is 6.54 Å². The quantitative estimate of drug-likeness (QED) is 0.779. The van der Waals surface area contributed by atoms with Crippen molar-refractivity contribution in [1.29, 1.82) is 0 Å². The van der Waals surface area contributed by atoms with Gasteiger partial charge in [0.1, 0.15) is 0 Å². The highest BCUT2D eigenvalue weighted by atomic mass is 19.4. The molecule has 1 amide bonds. The van der Waals surface area contributed by atoms with Crippen molar-refractivity contribution in [3.63, 3.8) is 0 Å². The molecule has 19 heavy (non-hydrogen) atoms. The smallest absolute Gasteiger partial charge is 0.355 e. The third kappa shape index (κ3) is 4.88. The number of halogens is 6. The van der Waals surface area contributed by atoms with Gasteiger partial charge in [-0.05, 0) is 31.8 Å². The average molecular weight is 292 g/mol. The number of carbonyl (C=O) groups excluding carboxylic acids is 1. The van der Waals surface area contributed by atoms with Crippen LogP contribution in [0.25, 0.3) is 0 Å². The molecule has 0 aromatic carbocycles. The molecule has 0 saturated carbocycles. The van der Waals surface area contributed by atoms with E-state index >= 15 is 0 Å². The van der Waals surface area contributed by atoms with Gasteiger partial charge in [-0.2, -0.15) is 26.3 Å². The number of rotatable bonds is 3. The molecule has 0 atom stereocenters. The molecule has 0 aromatic rings. The van der Waals surface area contributed by atoms with Gasteiger partial charge in [-0.15, -0.1) is 0 Å². The van der Waals surface area contributed by atoms with Crippen LogP contribution in [-0.2, 0) is 4.79 Å². The predicted molar refractivity (Wildman–Crippen MR) is 54.2 cm³/mol. The molecule has 112 valence electrons. The van der Waals surface area contributed by atoms with Gasteiger partial charge in [0.25, 0.3) is 0 Å². The van der Waals surface area contributed by atoms with Gasteiger partial charge < -0.3 is 10.6 Å². The summed E-state index contributed by atoms with van der Waals surface area (Å²) in [6.45, 7) is 1.12. The van der Waals surface area contributed by atoms with E-state index in [9.17, 15) is 31.1 Å². The molecule has 2 N–H and O–H groups in total. The van der Waals surface area contributed by atoms with E-state index < -0.39 is 24.2 Å². The van der Waals surface area contributed by atoms with Gasteiger partial charge in [-0.3, -0.25) is 4.79 Å². The maximum absolute atomic E-state index is 12.2. The molecule has 0 unspecified atom stereocenters. The number of alkyl halides is 6. The first-order valence-corrected chi connectivity index (χ1v) is 5.74. The number of amides is 1. The first kappa shape index (κ1) is 16.1. The fourth-order valence-electron chi connectivity index (χ4n) is 1.92. The van der Waals surface area contributed by atoms with Crippen molar-refractivity contribution < 1.29 is 31.1 Å². The minimum Gasteiger partial charge on any atom is -0.355 e. The summed E-state index contributed by atoms with van der Waals surface area (Å²) in [4.78, 5) is 11.1. The number of hydrogen-bond donors (Lipinski definition) is 2. The molecule has 0 aromatic heterocycles. The zero-order valence-electron chi connectivity index (χ0n) is 9.87. The molecule has 0 aliphatic carbocycles. The average Bonchev–Trinajstić information content (AvgIpc) is 2.24. The Morgan fingerprint density at radius 2 is 1.58 bits per heavy atom. The van der Waals surface area contributed by atoms with E-state index in [4.69, 9.17) is 0 Å². The lowest BCUT2D eigenvalue weighted by Crippen LogP contribution is -2.49. The zero-order valence-corrected chi connectivity index (χ0v) is 9.87. The maximum Gasteiger partial charge on any atom is 0.409 e. The number of nitrogens with one attached hydrogen (secondary N) is 2. The molecule has 9 heteroatoms. The summed E-state index contributed by atoms with van der Waals surface area (Å²) < 4.78 is 73.4. The normalized spacial score (nSPS) is 18.7. The lowest BCUT2D eigenvalue weighted by Gasteiger charge is -2.25. The summed E-state index contributed by atoms with van der Waals surface area (Å²) in [7, 11) is 0. The van der Waals surface area contributed by atoms with Gasteiger partial charge in [0.15, 0.2) is 0 Å². The first-order valence-electron chi connectivity index (χ1n) is 5.74. The van der Waals surface area contributed by atoms with E-state index in [1.54, 1.807) is 5.32 Å². The van der Waals surface area contributed by atoms with Crippen LogP contribution in [0.2, 0.25) is 0 Å². The minimum atomic E-state index is -5.63. The Kier molecular flexibility index (Phi) is 5.05. The summed E-state index contributed by atoms with van der Waals surface area (Å²) in [6.07, 6.45) is -10.0. The lowest BCUT2D eigenvalue weighted by atomic mass is 9.98. The van der Waals surface area contributed by atoms with Gasteiger partial charge in [-0.1, -0.05) is 0 Å². The van der Waals surface area contributed by atoms with Crippen LogP contribution in [0.3, 0.4) is 0 Å². The summed E-state index contributed by atoms with van der Waals surface area (Å²) in [5.41, 5.74) is 0. The molecule has 1 aliphatic rings. The molecular weight excluding hydrogens is 278 g/mol. The van der Waals surface area contributed by atoms with Crippen LogP contribution in [0.1, 0.15) is 12.8 Å². The van der Waals surface area contributed by atoms with Gasteiger partial charge in [0.2, 0.25) is 11.8 Å². The van der Waals surface area contributed by atoms with Crippen molar-refractivity contribution in [3.8, 4) is 0 Å². The lowest BCUT2D eigenvalue weighted by molar-refractivity contribution is -0.274. The van der Waals surface area contributed by atoms with E-state index in [0.717, 1.165) is 0 Å². The molecule has 0 radical (unpaired) electrons. The number of hydrogen-bond acceptors (Lipinski definition) is 2. The Morgan fingerprint density at radius 1 is 1.11 bits per heavy atom. The minimum absolute atomic E-state index is 0.0904. The molecule has 1 rings (SSSR count). The predicted octanol–water partition coefficient (Wildman–Crippen LogP) is 1.84. The summed E-state index contributed by atoms with van der Waals surface area (Å²) in [5.74, 6) is -6.08. The third-order valence-electron chi connectivity index (χ3n) is 2.94. The Bertz CT molecular complexity index is 294. The molecule has 1 aliphatic heterocycles. The van der Waals surface area contributed by atoms with Crippen molar-refractivity contribution in [2.45, 2.75) is 25.2 Å². The molecular formula is C10H14F6N2O. The molecule has 1 saturated heterocycles. The van der Waals surface area contributed by atoms with E-state index in [1.165, 1.54) is 0 Å². The van der Waals surface area contributed by atoms with Gasteiger partial charge in [0.05, 0.1) is 0 Å². The monoisotopic (exact) mass is 292 g/mol. The van der Waals surface area contributed by atoms with Crippen LogP contribution in [0.5, 0.6) is 0 Å². The Hall–Kier alpha value is -0.990. The van der Waals surface area contributed by atoms with Crippen molar-refractivity contribution >= 4 is 5.91 Å². The van der Waals surface area contributed by atoms with E-state index in [1.807, 2.05) is 0 Å². The second-order valence-corrected chi connectivity index (χ2v) is 4.45. The van der Waals surface area contributed by atoms with Crippen LogP contribution < -0.4 is 10.6 Å². The van der Waals surface area contributed by atoms with E-state index in [-0.39, 0.29) is 12.5 Å². The maximum atomic E-state index is 12.2. The fraction of sp³-hybridized carbons (Fsp3) is 0.900. The van der Waals surface area contributed by atoms with E-state index in [0.29, 0.717) is 25.9 Å². The van der Waals surface area contributed by atoms with E-state index in [2.05, 4.69) is 5.32 Å². The number of carbonyl (C=O) groups is 1. The van der Waals surface area contributed by atoms with Crippen LogP contribution in [0, 0.1) is 11.8 Å². The van der Waals surface area contributed by atoms with Gasteiger partial charge >= 0.3 is 12.4 Å². The Balaban J connectivity index is 2.57. The molecule has 1 fully saturated rings. The fourth-order valence-corrected chi connectivity index (χ4v) is 1.92. The summed E-state index contributed by atoms with van der Waals surface area (Å²) in [5, 5.41) is 4.76. The Morgan fingerprint density at radius 3 is 2.00 bits per heavy atom. The molecule has 3 nitrogen and oxygen atoms in total. The van der Waals surface area contributed by atoms with Crippen molar-refractivity contribution in [2.24, 2.45) is 11.8 Å². The highest BCUT2D eigenvalue weighted by molar-refractivity contribution is 5.80. The topological polar surface area (TPSA) is 41.1 Å². The second kappa shape index (κ2) is 5.98. The summed E-state index contributed by atoms with van der Waals surface area (Å²) >= 11 is 0. The highest BCUT2D eigenvalue weighted by Gasteiger charge is 2.61. The van der Waals surface area contributed by atoms with Gasteiger partial charge in [-0.25, -0.2) is 0 Å². The third-order valence-corrected chi connectivity index (χ3v) is 2.94. The SMILES string of the molecule is O=C(NCC1CCNCC1)C(C(F)(F)F)C(F)(F)F. The largest absolute Gasteiger partial charge is 0.409 e. The van der Waals surface area contributed by atoms with Crippen molar-refractivity contribution in [3.05, 3.63) is 0 Å². The van der Waals surface area contributed by atoms with Crippen molar-refractivity contribution in [1.82, 2.24) is 10.6 Å². The zero-order chi connectivity index (χ0) is 14.7.